The van der Waals surface area contributed by atoms with Gasteiger partial charge in [0.25, 0.3) is 5.91 Å². The summed E-state index contributed by atoms with van der Waals surface area (Å²) in [5, 5.41) is 3.52. The van der Waals surface area contributed by atoms with Crippen LogP contribution in [0, 0.1) is 18.7 Å². The molecule has 1 atom stereocenters. The Morgan fingerprint density at radius 3 is 2.42 bits per heavy atom. The molecule has 2 aromatic carbocycles. The Bertz CT molecular complexity index is 887. The van der Waals surface area contributed by atoms with Gasteiger partial charge in [0.05, 0.1) is 0 Å². The number of amides is 2. The minimum atomic E-state index is -0.660. The predicted octanol–water partition coefficient (Wildman–Crippen LogP) is 4.75. The van der Waals surface area contributed by atoms with Crippen molar-refractivity contribution in [1.29, 1.82) is 0 Å². The molecule has 2 amide bonds. The van der Waals surface area contributed by atoms with Crippen molar-refractivity contribution in [3.63, 3.8) is 0 Å². The van der Waals surface area contributed by atoms with E-state index in [-0.39, 0.29) is 30.8 Å². The van der Waals surface area contributed by atoms with Gasteiger partial charge in [0.1, 0.15) is 17.6 Å². The lowest BCUT2D eigenvalue weighted by atomic mass is 10.1. The van der Waals surface area contributed by atoms with Crippen LogP contribution in [0.4, 0.5) is 4.39 Å². The average Bonchev–Trinajstić information content (AvgIpc) is 2.74. The first-order chi connectivity index (χ1) is 14.7. The lowest BCUT2D eigenvalue weighted by Crippen LogP contribution is -2.50. The van der Waals surface area contributed by atoms with Crippen molar-refractivity contribution in [2.75, 3.05) is 13.2 Å². The fraction of sp³-hybridized carbons (Fsp3) is 0.417. The van der Waals surface area contributed by atoms with E-state index in [0.717, 1.165) is 11.1 Å². The number of halogens is 2. The molecule has 31 heavy (non-hydrogen) atoms. The number of carbonyl (C=O) groups is 2. The number of rotatable bonds is 10. The van der Waals surface area contributed by atoms with Crippen LogP contribution in [0.3, 0.4) is 0 Å². The van der Waals surface area contributed by atoms with Crippen molar-refractivity contribution in [2.45, 2.75) is 46.7 Å². The van der Waals surface area contributed by atoms with Crippen LogP contribution in [-0.4, -0.2) is 35.9 Å². The normalized spacial score (nSPS) is 11.8. The van der Waals surface area contributed by atoms with E-state index in [1.54, 1.807) is 30.3 Å². The molecule has 0 aliphatic heterocycles. The van der Waals surface area contributed by atoms with Crippen LogP contribution >= 0.6 is 11.6 Å². The second-order valence-electron chi connectivity index (χ2n) is 7.91. The molecule has 0 aromatic heterocycles. The second kappa shape index (κ2) is 11.7. The monoisotopic (exact) mass is 448 g/mol. The third kappa shape index (κ3) is 7.55. The van der Waals surface area contributed by atoms with Crippen LogP contribution in [0.25, 0.3) is 0 Å². The summed E-state index contributed by atoms with van der Waals surface area (Å²) in [5.41, 5.74) is 1.57. The van der Waals surface area contributed by atoms with E-state index in [1.807, 2.05) is 27.7 Å². The molecular formula is C24H30ClFN2O3. The van der Waals surface area contributed by atoms with Gasteiger partial charge in [-0.15, -0.1) is 0 Å². The van der Waals surface area contributed by atoms with Crippen LogP contribution in [0.2, 0.25) is 5.02 Å². The molecule has 168 valence electrons. The van der Waals surface area contributed by atoms with Crippen molar-refractivity contribution >= 4 is 23.4 Å². The van der Waals surface area contributed by atoms with Crippen molar-refractivity contribution in [2.24, 2.45) is 5.92 Å². The minimum absolute atomic E-state index is 0.176. The maximum Gasteiger partial charge on any atom is 0.261 e. The number of carbonyl (C=O) groups excluding carboxylic acids is 2. The lowest BCUT2D eigenvalue weighted by molar-refractivity contribution is -0.143. The molecule has 7 heteroatoms. The van der Waals surface area contributed by atoms with Crippen molar-refractivity contribution in [1.82, 2.24) is 10.2 Å². The number of benzene rings is 2. The summed E-state index contributed by atoms with van der Waals surface area (Å²) in [6.45, 7) is 8.19. The van der Waals surface area contributed by atoms with E-state index >= 15 is 0 Å². The maximum absolute atomic E-state index is 13.3. The standard InChI is InChI=1S/C24H30ClFN2O3/c1-5-22(24(30)27-13-16(2)3)28(14-18-6-8-19(26)9-7-18)23(29)15-31-20-10-11-21(25)17(4)12-20/h6-12,16,22H,5,13-15H2,1-4H3,(H,27,30). The Morgan fingerprint density at radius 1 is 1.16 bits per heavy atom. The van der Waals surface area contributed by atoms with E-state index < -0.39 is 6.04 Å². The first-order valence-corrected chi connectivity index (χ1v) is 10.8. The highest BCUT2D eigenvalue weighted by atomic mass is 35.5. The van der Waals surface area contributed by atoms with E-state index in [0.29, 0.717) is 29.7 Å². The summed E-state index contributed by atoms with van der Waals surface area (Å²) in [7, 11) is 0. The lowest BCUT2D eigenvalue weighted by Gasteiger charge is -2.30. The van der Waals surface area contributed by atoms with Gasteiger partial charge >= 0.3 is 0 Å². The van der Waals surface area contributed by atoms with Crippen molar-refractivity contribution in [3.8, 4) is 5.75 Å². The van der Waals surface area contributed by atoms with E-state index in [9.17, 15) is 14.0 Å². The molecule has 0 radical (unpaired) electrons. The highest BCUT2D eigenvalue weighted by Crippen LogP contribution is 2.21. The molecule has 0 saturated carbocycles. The molecule has 0 fully saturated rings. The van der Waals surface area contributed by atoms with Gasteiger partial charge < -0.3 is 15.0 Å². The molecular weight excluding hydrogens is 419 g/mol. The summed E-state index contributed by atoms with van der Waals surface area (Å²) in [4.78, 5) is 27.4. The molecule has 0 saturated heterocycles. The summed E-state index contributed by atoms with van der Waals surface area (Å²) in [6, 6.07) is 10.4. The smallest absolute Gasteiger partial charge is 0.261 e. The zero-order valence-electron chi connectivity index (χ0n) is 18.5. The Balaban J connectivity index is 2.19. The molecule has 2 aromatic rings. The van der Waals surface area contributed by atoms with Crippen LogP contribution in [0.1, 0.15) is 38.3 Å². The van der Waals surface area contributed by atoms with Gasteiger partial charge in [-0.1, -0.05) is 44.5 Å². The zero-order chi connectivity index (χ0) is 23.0. The molecule has 0 bridgehead atoms. The summed E-state index contributed by atoms with van der Waals surface area (Å²) >= 11 is 6.04. The number of hydrogen-bond donors (Lipinski definition) is 1. The minimum Gasteiger partial charge on any atom is -0.484 e. The fourth-order valence-corrected chi connectivity index (χ4v) is 3.18. The summed E-state index contributed by atoms with van der Waals surface area (Å²) < 4.78 is 19.0. The summed E-state index contributed by atoms with van der Waals surface area (Å²) in [6.07, 6.45) is 0.441. The van der Waals surface area contributed by atoms with Crippen molar-refractivity contribution in [3.05, 3.63) is 64.4 Å². The Labute approximate surface area is 188 Å². The molecule has 1 unspecified atom stereocenters. The molecule has 0 spiro atoms. The number of aryl methyl sites for hydroxylation is 1. The van der Waals surface area contributed by atoms with E-state index in [2.05, 4.69) is 5.32 Å². The van der Waals surface area contributed by atoms with Gasteiger partial charge in [-0.05, 0) is 60.7 Å². The maximum atomic E-state index is 13.3. The number of nitrogens with one attached hydrogen (secondary N) is 1. The van der Waals surface area contributed by atoms with Gasteiger partial charge in [0.15, 0.2) is 6.61 Å². The second-order valence-corrected chi connectivity index (χ2v) is 8.32. The van der Waals surface area contributed by atoms with Crippen molar-refractivity contribution < 1.29 is 18.7 Å². The van der Waals surface area contributed by atoms with Gasteiger partial charge in [-0.3, -0.25) is 9.59 Å². The van der Waals surface area contributed by atoms with E-state index in [4.69, 9.17) is 16.3 Å². The molecule has 5 nitrogen and oxygen atoms in total. The third-order valence-electron chi connectivity index (χ3n) is 4.83. The van der Waals surface area contributed by atoms with Gasteiger partial charge in [0.2, 0.25) is 5.91 Å². The van der Waals surface area contributed by atoms with Crippen LogP contribution in [-0.2, 0) is 16.1 Å². The molecule has 0 aliphatic carbocycles. The Kier molecular flexibility index (Phi) is 9.31. The van der Waals surface area contributed by atoms with Crippen LogP contribution in [0.15, 0.2) is 42.5 Å². The first-order valence-electron chi connectivity index (χ1n) is 10.4. The average molecular weight is 449 g/mol. The topological polar surface area (TPSA) is 58.6 Å². The first kappa shape index (κ1) is 24.7. The highest BCUT2D eigenvalue weighted by molar-refractivity contribution is 6.31. The largest absolute Gasteiger partial charge is 0.484 e. The van der Waals surface area contributed by atoms with Gasteiger partial charge in [-0.25, -0.2) is 4.39 Å². The Hall–Kier alpha value is -2.60. The third-order valence-corrected chi connectivity index (χ3v) is 5.25. The molecule has 2 rings (SSSR count). The van der Waals surface area contributed by atoms with E-state index in [1.165, 1.54) is 17.0 Å². The summed E-state index contributed by atoms with van der Waals surface area (Å²) in [5.74, 6) is -0.0873. The number of hydrogen-bond acceptors (Lipinski definition) is 3. The van der Waals surface area contributed by atoms with Gasteiger partial charge in [0, 0.05) is 18.1 Å². The van der Waals surface area contributed by atoms with Gasteiger partial charge in [-0.2, -0.15) is 0 Å². The SMILES string of the molecule is CCC(C(=O)NCC(C)C)N(Cc1ccc(F)cc1)C(=O)COc1ccc(Cl)c(C)c1. The quantitative estimate of drug-likeness (QED) is 0.570. The van der Waals surface area contributed by atoms with Crippen LogP contribution < -0.4 is 10.1 Å². The highest BCUT2D eigenvalue weighted by Gasteiger charge is 2.29. The molecule has 0 heterocycles. The fourth-order valence-electron chi connectivity index (χ4n) is 3.06. The molecule has 1 N–H and O–H groups in total. The predicted molar refractivity (Wildman–Crippen MR) is 121 cm³/mol. The molecule has 0 aliphatic rings. The number of nitrogens with zero attached hydrogens (tertiary/aromatic N) is 1. The number of ether oxygens (including phenoxy) is 1. The van der Waals surface area contributed by atoms with Crippen LogP contribution in [0.5, 0.6) is 5.75 Å². The zero-order valence-corrected chi connectivity index (χ0v) is 19.2. The Morgan fingerprint density at radius 2 is 1.84 bits per heavy atom.